The summed E-state index contributed by atoms with van der Waals surface area (Å²) < 4.78 is 79.5. The monoisotopic (exact) mass is 945 g/mol. The molecule has 0 spiro atoms. The van der Waals surface area contributed by atoms with Gasteiger partial charge in [0, 0.05) is 28.2 Å². The summed E-state index contributed by atoms with van der Waals surface area (Å²) in [7, 11) is 0. The Morgan fingerprint density at radius 2 is 0.917 bits per heavy atom. The summed E-state index contributed by atoms with van der Waals surface area (Å²) in [5.41, 5.74) is 11.9. The van der Waals surface area contributed by atoms with Crippen LogP contribution in [0.15, 0.2) is 225 Å². The van der Waals surface area contributed by atoms with Crippen molar-refractivity contribution in [2.45, 2.75) is 23.7 Å². The van der Waals surface area contributed by atoms with Crippen LogP contribution in [0.5, 0.6) is 0 Å². The van der Waals surface area contributed by atoms with E-state index in [2.05, 4.69) is 54.5 Å². The van der Waals surface area contributed by atoms with Gasteiger partial charge in [0.05, 0.1) is 10.8 Å². The Hall–Kier alpha value is -8.61. The summed E-state index contributed by atoms with van der Waals surface area (Å²) in [4.78, 5) is 2.12. The van der Waals surface area contributed by atoms with Crippen LogP contribution in [-0.4, -0.2) is 0 Å². The second-order valence-corrected chi connectivity index (χ2v) is 18.6. The minimum atomic E-state index is -1.32. The molecule has 0 heterocycles. The smallest absolute Gasteiger partial charge is 0.163 e. The summed E-state index contributed by atoms with van der Waals surface area (Å²) >= 11 is 0. The summed E-state index contributed by atoms with van der Waals surface area (Å²) in [5, 5.41) is 0. The molecule has 0 bridgehead atoms. The zero-order chi connectivity index (χ0) is 49.3. The molecule has 2 atom stereocenters. The van der Waals surface area contributed by atoms with Crippen molar-refractivity contribution >= 4 is 34.8 Å². The molecule has 9 aromatic rings. The third-order valence-corrected chi connectivity index (χ3v) is 15.0. The summed E-state index contributed by atoms with van der Waals surface area (Å²) in [6, 6.07) is 59.0. The standard InChI is InChI=1S/C66H44F5N/c1-3-41-19-27-45(28-20-41)65(57-15-9-17-61(68)63(57)70)55-13-7-5-11-51(55)53-37-35-49(39-59(53)65)72(48-33-25-44(26-34-48)43-23-31-47(67)32-24-43)50-36-38-54-52-12-6-8-14-56(52)66(60(54)40-50,46-29-21-42(4-2)22-30-46)58-16-10-18-62(69)64(58)71/h3-5,7-11,13-40H,1-2,6,12H2. The van der Waals surface area contributed by atoms with Gasteiger partial charge in [-0.15, -0.1) is 0 Å². The number of rotatable bonds is 10. The van der Waals surface area contributed by atoms with E-state index >= 15 is 17.6 Å². The maximum atomic E-state index is 16.9. The van der Waals surface area contributed by atoms with Gasteiger partial charge in [0.15, 0.2) is 23.3 Å². The van der Waals surface area contributed by atoms with Crippen LogP contribution in [0.25, 0.3) is 40.0 Å². The van der Waals surface area contributed by atoms with Crippen molar-refractivity contribution < 1.29 is 22.0 Å². The Morgan fingerprint density at radius 1 is 0.431 bits per heavy atom. The van der Waals surface area contributed by atoms with Crippen LogP contribution in [-0.2, 0) is 10.8 Å². The highest BCUT2D eigenvalue weighted by atomic mass is 19.2. The lowest BCUT2D eigenvalue weighted by atomic mass is 9.66. The van der Waals surface area contributed by atoms with Crippen molar-refractivity contribution in [3.63, 3.8) is 0 Å². The lowest BCUT2D eigenvalue weighted by Crippen LogP contribution is -2.31. The highest BCUT2D eigenvalue weighted by Crippen LogP contribution is 2.60. The van der Waals surface area contributed by atoms with Crippen molar-refractivity contribution in [2.75, 3.05) is 4.90 Å². The third-order valence-electron chi connectivity index (χ3n) is 15.0. The van der Waals surface area contributed by atoms with E-state index < -0.39 is 34.1 Å². The topological polar surface area (TPSA) is 3.24 Å². The average molecular weight is 946 g/mol. The van der Waals surface area contributed by atoms with E-state index in [-0.39, 0.29) is 16.9 Å². The van der Waals surface area contributed by atoms with Gasteiger partial charge < -0.3 is 4.90 Å². The molecule has 0 amide bonds. The molecule has 9 aromatic carbocycles. The maximum absolute atomic E-state index is 16.9. The molecule has 0 aromatic heterocycles. The van der Waals surface area contributed by atoms with E-state index in [0.717, 1.165) is 102 Å². The Morgan fingerprint density at radius 3 is 1.51 bits per heavy atom. The number of hydrogen-bond acceptors (Lipinski definition) is 1. The normalized spacial score (nSPS) is 17.2. The predicted octanol–water partition coefficient (Wildman–Crippen LogP) is 17.6. The summed E-state index contributed by atoms with van der Waals surface area (Å²) in [6.45, 7) is 7.95. The molecule has 72 heavy (non-hydrogen) atoms. The Balaban J connectivity index is 1.14. The van der Waals surface area contributed by atoms with Crippen LogP contribution < -0.4 is 4.90 Å². The highest BCUT2D eigenvalue weighted by Gasteiger charge is 2.51. The van der Waals surface area contributed by atoms with Crippen LogP contribution in [0.4, 0.5) is 39.0 Å². The first-order valence-electron chi connectivity index (χ1n) is 24.0. The van der Waals surface area contributed by atoms with Gasteiger partial charge in [-0.3, -0.25) is 0 Å². The van der Waals surface area contributed by atoms with Crippen LogP contribution in [0, 0.1) is 29.1 Å². The fourth-order valence-electron chi connectivity index (χ4n) is 11.8. The molecular weight excluding hydrogens is 902 g/mol. The first-order chi connectivity index (χ1) is 35.2. The van der Waals surface area contributed by atoms with Crippen molar-refractivity contribution in [3.05, 3.63) is 310 Å². The fraction of sp³-hybridized carbons (Fsp3) is 0.0606. The molecular formula is C66H44F5N. The molecule has 0 fully saturated rings. The third kappa shape index (κ3) is 6.66. The molecule has 12 rings (SSSR count). The summed E-state index contributed by atoms with van der Waals surface area (Å²) in [5.74, 6) is -4.11. The molecule has 0 saturated heterocycles. The largest absolute Gasteiger partial charge is 0.310 e. The van der Waals surface area contributed by atoms with Crippen molar-refractivity contribution in [1.29, 1.82) is 0 Å². The van der Waals surface area contributed by atoms with Gasteiger partial charge in [-0.25, -0.2) is 22.0 Å². The van der Waals surface area contributed by atoms with E-state index in [0.29, 0.717) is 17.8 Å². The minimum Gasteiger partial charge on any atom is -0.310 e. The van der Waals surface area contributed by atoms with Gasteiger partial charge in [-0.05, 0) is 151 Å². The fourth-order valence-corrected chi connectivity index (χ4v) is 11.8. The number of benzene rings is 9. The number of fused-ring (bicyclic) bond motifs is 5. The van der Waals surface area contributed by atoms with E-state index in [9.17, 15) is 4.39 Å². The van der Waals surface area contributed by atoms with Gasteiger partial charge in [0.2, 0.25) is 0 Å². The van der Waals surface area contributed by atoms with Gasteiger partial charge in [-0.1, -0.05) is 171 Å². The second-order valence-electron chi connectivity index (χ2n) is 18.6. The number of anilines is 3. The van der Waals surface area contributed by atoms with E-state index in [4.69, 9.17) is 0 Å². The Labute approximate surface area is 415 Å². The summed E-state index contributed by atoms with van der Waals surface area (Å²) in [6.07, 6.45) is 9.17. The average Bonchev–Trinajstić information content (AvgIpc) is 3.88. The van der Waals surface area contributed by atoms with Crippen LogP contribution in [0.2, 0.25) is 0 Å². The first-order valence-corrected chi connectivity index (χ1v) is 24.0. The first kappa shape index (κ1) is 44.6. The number of hydrogen-bond donors (Lipinski definition) is 0. The number of halogens is 5. The Kier molecular flexibility index (Phi) is 10.7. The molecule has 2 unspecified atom stereocenters. The molecule has 3 aliphatic carbocycles. The quantitative estimate of drug-likeness (QED) is 0.124. The SMILES string of the molecule is C=Cc1ccc(C2(c3cccc(F)c3F)C3=C(CCC=C3)c3ccc(N(c4ccc(-c5ccc(F)cc5)cc4)c4ccc5c(c4)C(c4ccc(C=C)cc4)(c4cccc(F)c4F)c4ccccc4-5)cc32)cc1. The Bertz CT molecular complexity index is 3720. The second kappa shape index (κ2) is 17.4. The van der Waals surface area contributed by atoms with Gasteiger partial charge in [0.1, 0.15) is 5.82 Å². The number of allylic oxidation sites excluding steroid dienone is 4. The lowest BCUT2D eigenvalue weighted by Gasteiger charge is -2.37. The van der Waals surface area contributed by atoms with Crippen molar-refractivity contribution in [3.8, 4) is 22.3 Å². The lowest BCUT2D eigenvalue weighted by molar-refractivity contribution is 0.488. The zero-order valence-corrected chi connectivity index (χ0v) is 39.0. The van der Waals surface area contributed by atoms with Gasteiger partial charge in [-0.2, -0.15) is 0 Å². The highest BCUT2D eigenvalue weighted by molar-refractivity contribution is 5.93. The molecule has 0 saturated carbocycles. The molecule has 6 heteroatoms. The van der Waals surface area contributed by atoms with Crippen molar-refractivity contribution in [2.24, 2.45) is 0 Å². The van der Waals surface area contributed by atoms with Crippen LogP contribution in [0.1, 0.15) is 68.5 Å². The molecule has 348 valence electrons. The van der Waals surface area contributed by atoms with E-state index in [1.54, 1.807) is 48.6 Å². The van der Waals surface area contributed by atoms with Crippen molar-refractivity contribution in [1.82, 2.24) is 0 Å². The van der Waals surface area contributed by atoms with Crippen LogP contribution >= 0.6 is 0 Å². The van der Waals surface area contributed by atoms with E-state index in [1.165, 1.54) is 12.1 Å². The minimum absolute atomic E-state index is 0.166. The van der Waals surface area contributed by atoms with Gasteiger partial charge >= 0.3 is 0 Å². The van der Waals surface area contributed by atoms with Crippen LogP contribution in [0.3, 0.4) is 0 Å². The molecule has 0 aliphatic heterocycles. The molecule has 3 aliphatic rings. The number of nitrogens with zero attached hydrogens (tertiary/aromatic N) is 1. The zero-order valence-electron chi connectivity index (χ0n) is 39.0. The van der Waals surface area contributed by atoms with E-state index in [1.807, 2.05) is 109 Å². The maximum Gasteiger partial charge on any atom is 0.163 e. The van der Waals surface area contributed by atoms with Gasteiger partial charge in [0.25, 0.3) is 0 Å². The molecule has 1 nitrogen and oxygen atoms in total. The molecule has 0 radical (unpaired) electrons. The predicted molar refractivity (Wildman–Crippen MR) is 282 cm³/mol. The molecule has 0 N–H and O–H groups in total.